The summed E-state index contributed by atoms with van der Waals surface area (Å²) in [5.41, 5.74) is 1.13. The van der Waals surface area contributed by atoms with Gasteiger partial charge in [-0.05, 0) is 42.5 Å². The van der Waals surface area contributed by atoms with Gasteiger partial charge in [0.05, 0.1) is 32.4 Å². The molecule has 0 radical (unpaired) electrons. The van der Waals surface area contributed by atoms with Gasteiger partial charge in [0, 0.05) is 6.26 Å². The van der Waals surface area contributed by atoms with Crippen molar-refractivity contribution in [2.45, 2.75) is 9.24 Å². The Labute approximate surface area is 148 Å². The van der Waals surface area contributed by atoms with Gasteiger partial charge in [0.2, 0.25) is 14.2 Å². The fourth-order valence-corrected chi connectivity index (χ4v) is 4.97. The van der Waals surface area contributed by atoms with Crippen molar-refractivity contribution in [2.24, 2.45) is 0 Å². The minimum absolute atomic E-state index is 0.0189. The lowest BCUT2D eigenvalue weighted by Crippen LogP contribution is -2.12. The Morgan fingerprint density at radius 1 is 1.08 bits per heavy atom. The van der Waals surface area contributed by atoms with E-state index in [-0.39, 0.29) is 9.24 Å². The molecule has 0 spiro atoms. The van der Waals surface area contributed by atoms with E-state index in [0.29, 0.717) is 21.5 Å². The second-order valence-electron chi connectivity index (χ2n) is 5.18. The minimum Gasteiger partial charge on any atom is -0.280 e. The van der Waals surface area contributed by atoms with Gasteiger partial charge in [-0.15, -0.1) is 11.3 Å². The van der Waals surface area contributed by atoms with E-state index >= 15 is 0 Å². The number of rotatable bonds is 4. The zero-order valence-electron chi connectivity index (χ0n) is 12.8. The van der Waals surface area contributed by atoms with Crippen LogP contribution in [0.4, 0.5) is 5.69 Å². The number of anilines is 1. The molecule has 0 aliphatic carbocycles. The topological polar surface area (TPSA) is 117 Å². The Bertz CT molecular complexity index is 1210. The third-order valence-corrected chi connectivity index (χ3v) is 7.33. The van der Waals surface area contributed by atoms with Crippen LogP contribution in [0.1, 0.15) is 5.56 Å². The van der Waals surface area contributed by atoms with Crippen LogP contribution in [0.3, 0.4) is 0 Å². The van der Waals surface area contributed by atoms with Gasteiger partial charge in [-0.2, -0.15) is 5.26 Å². The van der Waals surface area contributed by atoms with E-state index in [0.717, 1.165) is 17.6 Å². The van der Waals surface area contributed by atoms with Crippen LogP contribution in [0.5, 0.6) is 0 Å². The Hall–Kier alpha value is -2.48. The minimum atomic E-state index is -3.82. The highest BCUT2D eigenvalue weighted by atomic mass is 32.2. The first kappa shape index (κ1) is 17.3. The molecular formula is C15H11N3O4S3. The largest absolute Gasteiger partial charge is 0.280 e. The third-order valence-electron chi connectivity index (χ3n) is 3.23. The lowest BCUT2D eigenvalue weighted by atomic mass is 10.2. The first-order valence-corrected chi connectivity index (χ1v) is 11.0. The number of fused-ring (bicyclic) bond motifs is 1. The number of hydrogen-bond acceptors (Lipinski definition) is 7. The molecule has 1 N–H and O–H groups in total. The molecule has 3 aromatic rings. The van der Waals surface area contributed by atoms with Crippen LogP contribution in [-0.2, 0) is 19.9 Å². The normalized spacial score (nSPS) is 12.0. The maximum atomic E-state index is 12.4. The van der Waals surface area contributed by atoms with Crippen molar-refractivity contribution < 1.29 is 16.8 Å². The predicted octanol–water partition coefficient (Wildman–Crippen LogP) is 2.37. The predicted molar refractivity (Wildman–Crippen MR) is 94.7 cm³/mol. The number of benzene rings is 2. The van der Waals surface area contributed by atoms with Gasteiger partial charge in [0.1, 0.15) is 0 Å². The average molecular weight is 393 g/mol. The zero-order valence-corrected chi connectivity index (χ0v) is 15.2. The summed E-state index contributed by atoms with van der Waals surface area (Å²) in [5, 5.41) is 8.76. The van der Waals surface area contributed by atoms with Crippen LogP contribution in [0.25, 0.3) is 10.2 Å². The van der Waals surface area contributed by atoms with Crippen molar-refractivity contribution in [2.75, 3.05) is 11.0 Å². The Kier molecular flexibility index (Phi) is 4.24. The summed E-state index contributed by atoms with van der Waals surface area (Å²) in [5.74, 6) is 0. The molecule has 25 heavy (non-hydrogen) atoms. The van der Waals surface area contributed by atoms with Crippen LogP contribution in [0.2, 0.25) is 0 Å². The van der Waals surface area contributed by atoms with Crippen molar-refractivity contribution >= 4 is 47.1 Å². The first-order chi connectivity index (χ1) is 11.7. The summed E-state index contributed by atoms with van der Waals surface area (Å²) in [4.78, 5) is 4.04. The maximum Gasteiger partial charge on any atom is 0.261 e. The molecule has 0 aliphatic rings. The number of aromatic nitrogens is 1. The van der Waals surface area contributed by atoms with Gasteiger partial charge in [-0.25, -0.2) is 21.8 Å². The van der Waals surface area contributed by atoms with Crippen LogP contribution in [-0.4, -0.2) is 28.1 Å². The van der Waals surface area contributed by atoms with Crippen LogP contribution in [0.15, 0.2) is 51.7 Å². The number of sulfone groups is 1. The lowest BCUT2D eigenvalue weighted by Gasteiger charge is -2.08. The molecule has 0 bridgehead atoms. The summed E-state index contributed by atoms with van der Waals surface area (Å²) in [7, 11) is -7.24. The zero-order chi connectivity index (χ0) is 18.2. The SMILES string of the molecule is CS(=O)(=O)c1nc2ccc(NS(=O)(=O)c3ccc(C#N)cc3)cc2s1. The van der Waals surface area contributed by atoms with Gasteiger partial charge in [-0.3, -0.25) is 4.72 Å². The van der Waals surface area contributed by atoms with Crippen molar-refractivity contribution in [1.82, 2.24) is 4.98 Å². The number of hydrogen-bond donors (Lipinski definition) is 1. The molecule has 2 aromatic carbocycles. The Morgan fingerprint density at radius 2 is 1.76 bits per heavy atom. The van der Waals surface area contributed by atoms with Gasteiger partial charge in [0.15, 0.2) is 0 Å². The van der Waals surface area contributed by atoms with E-state index in [2.05, 4.69) is 9.71 Å². The summed E-state index contributed by atoms with van der Waals surface area (Å²) < 4.78 is 50.9. The highest BCUT2D eigenvalue weighted by Gasteiger charge is 2.17. The molecule has 0 unspecified atom stereocenters. The molecule has 7 nitrogen and oxygen atoms in total. The van der Waals surface area contributed by atoms with Crippen LogP contribution in [0, 0.1) is 11.3 Å². The number of nitriles is 1. The quantitative estimate of drug-likeness (QED) is 0.727. The molecule has 0 aliphatic heterocycles. The molecule has 1 aromatic heterocycles. The van der Waals surface area contributed by atoms with E-state index in [1.165, 1.54) is 36.4 Å². The van der Waals surface area contributed by atoms with Crippen molar-refractivity contribution in [3.63, 3.8) is 0 Å². The Morgan fingerprint density at radius 3 is 2.36 bits per heavy atom. The molecule has 0 saturated carbocycles. The van der Waals surface area contributed by atoms with E-state index in [1.807, 2.05) is 6.07 Å². The number of sulfonamides is 1. The summed E-state index contributed by atoms with van der Waals surface area (Å²) in [6.07, 6.45) is 1.07. The van der Waals surface area contributed by atoms with E-state index in [9.17, 15) is 16.8 Å². The highest BCUT2D eigenvalue weighted by molar-refractivity contribution is 7.93. The number of nitrogens with one attached hydrogen (secondary N) is 1. The summed E-state index contributed by atoms with van der Waals surface area (Å²) in [6, 6.07) is 12.0. The molecule has 128 valence electrons. The molecule has 1 heterocycles. The number of nitrogens with zero attached hydrogens (tertiary/aromatic N) is 2. The molecule has 0 amide bonds. The van der Waals surface area contributed by atoms with Crippen molar-refractivity contribution in [1.29, 1.82) is 5.26 Å². The second-order valence-corrected chi connectivity index (χ2v) is 10.1. The van der Waals surface area contributed by atoms with Crippen LogP contribution >= 0.6 is 11.3 Å². The fourth-order valence-electron chi connectivity index (χ4n) is 2.05. The van der Waals surface area contributed by atoms with Crippen molar-refractivity contribution in [3.8, 4) is 6.07 Å². The summed E-state index contributed by atoms with van der Waals surface area (Å²) >= 11 is 0.975. The monoisotopic (exact) mass is 393 g/mol. The van der Waals surface area contributed by atoms with E-state index in [4.69, 9.17) is 5.26 Å². The van der Waals surface area contributed by atoms with Gasteiger partial charge in [-0.1, -0.05) is 0 Å². The molecule has 0 fully saturated rings. The van der Waals surface area contributed by atoms with E-state index in [1.54, 1.807) is 6.07 Å². The molecule has 0 saturated heterocycles. The fraction of sp³-hybridized carbons (Fsp3) is 0.0667. The first-order valence-electron chi connectivity index (χ1n) is 6.83. The average Bonchev–Trinajstić information content (AvgIpc) is 2.98. The van der Waals surface area contributed by atoms with Crippen molar-refractivity contribution in [3.05, 3.63) is 48.0 Å². The Balaban J connectivity index is 1.95. The van der Waals surface area contributed by atoms with Crippen LogP contribution < -0.4 is 4.72 Å². The molecule has 3 rings (SSSR count). The summed E-state index contributed by atoms with van der Waals surface area (Å²) in [6.45, 7) is 0. The lowest BCUT2D eigenvalue weighted by molar-refractivity contribution is 0.599. The van der Waals surface area contributed by atoms with E-state index < -0.39 is 19.9 Å². The standard InChI is InChI=1S/C15H11N3O4S3/c1-24(19,20)15-17-13-7-4-11(8-14(13)23-15)18-25(21,22)12-5-2-10(9-16)3-6-12/h2-8,18H,1H3. The smallest absolute Gasteiger partial charge is 0.261 e. The third kappa shape index (κ3) is 3.63. The maximum absolute atomic E-state index is 12.4. The molecular weight excluding hydrogens is 382 g/mol. The molecule has 10 heteroatoms. The second kappa shape index (κ2) is 6.11. The van der Waals surface area contributed by atoms with Gasteiger partial charge in [0.25, 0.3) is 10.0 Å². The highest BCUT2D eigenvalue weighted by Crippen LogP contribution is 2.28. The number of thiazole rings is 1. The van der Waals surface area contributed by atoms with Gasteiger partial charge < -0.3 is 0 Å². The molecule has 0 atom stereocenters. The van der Waals surface area contributed by atoms with Gasteiger partial charge >= 0.3 is 0 Å².